The van der Waals surface area contributed by atoms with E-state index in [1.54, 1.807) is 12.8 Å². The fourth-order valence-electron chi connectivity index (χ4n) is 6.83. The summed E-state index contributed by atoms with van der Waals surface area (Å²) in [5, 5.41) is 0. The van der Waals surface area contributed by atoms with Crippen molar-refractivity contribution in [3.63, 3.8) is 0 Å². The number of allylic oxidation sites excluding steroid dienone is 2. The lowest BCUT2D eigenvalue weighted by Crippen LogP contribution is -2.35. The van der Waals surface area contributed by atoms with Crippen molar-refractivity contribution >= 4 is 5.78 Å². The normalized spacial score (nSPS) is 42.9. The van der Waals surface area contributed by atoms with Gasteiger partial charge in [0, 0.05) is 6.42 Å². The summed E-state index contributed by atoms with van der Waals surface area (Å²) >= 11 is 0. The zero-order valence-corrected chi connectivity index (χ0v) is 15.6. The summed E-state index contributed by atoms with van der Waals surface area (Å²) < 4.78 is 0. The first-order valence-electron chi connectivity index (χ1n) is 11.0. The van der Waals surface area contributed by atoms with Crippen molar-refractivity contribution in [3.05, 3.63) is 11.6 Å². The largest absolute Gasteiger partial charge is 0.295 e. The maximum absolute atomic E-state index is 11.7. The molecule has 4 rings (SSSR count). The maximum Gasteiger partial charge on any atom is 0.155 e. The van der Waals surface area contributed by atoms with Crippen molar-refractivity contribution in [2.24, 2.45) is 35.5 Å². The highest BCUT2D eigenvalue weighted by atomic mass is 16.1. The molecule has 0 aromatic rings. The number of carbonyl (C=O) groups excluding carboxylic acids is 1. The Labute approximate surface area is 148 Å². The first kappa shape index (κ1) is 16.9. The lowest BCUT2D eigenvalue weighted by atomic mass is 9.59. The molecule has 134 valence electrons. The van der Waals surface area contributed by atoms with Gasteiger partial charge in [-0.3, -0.25) is 4.79 Å². The molecule has 4 aliphatic carbocycles. The maximum atomic E-state index is 11.7. The molecule has 0 amide bonds. The SMILES string of the molecule is CCCC1CCC2CC(C3CCC4=CC(=O)CCC4C3)CCC2C1. The highest BCUT2D eigenvalue weighted by Crippen LogP contribution is 2.51. The Morgan fingerprint density at radius 2 is 1.54 bits per heavy atom. The van der Waals surface area contributed by atoms with Gasteiger partial charge in [0.05, 0.1) is 0 Å². The van der Waals surface area contributed by atoms with Crippen LogP contribution in [0.3, 0.4) is 0 Å². The van der Waals surface area contributed by atoms with Crippen molar-refractivity contribution in [1.29, 1.82) is 0 Å². The van der Waals surface area contributed by atoms with Crippen molar-refractivity contribution in [2.45, 2.75) is 90.4 Å². The molecule has 0 saturated heterocycles. The summed E-state index contributed by atoms with van der Waals surface area (Å²) in [6, 6.07) is 0. The predicted molar refractivity (Wildman–Crippen MR) is 99.7 cm³/mol. The van der Waals surface area contributed by atoms with E-state index in [9.17, 15) is 4.79 Å². The number of rotatable bonds is 3. The van der Waals surface area contributed by atoms with Gasteiger partial charge in [0.25, 0.3) is 0 Å². The van der Waals surface area contributed by atoms with Crippen LogP contribution in [0.15, 0.2) is 11.6 Å². The molecule has 3 saturated carbocycles. The summed E-state index contributed by atoms with van der Waals surface area (Å²) in [5.41, 5.74) is 1.51. The molecule has 6 atom stereocenters. The van der Waals surface area contributed by atoms with Crippen molar-refractivity contribution < 1.29 is 4.79 Å². The fourth-order valence-corrected chi connectivity index (χ4v) is 6.83. The van der Waals surface area contributed by atoms with Gasteiger partial charge in [0.2, 0.25) is 0 Å². The average Bonchev–Trinajstić information content (AvgIpc) is 2.61. The Morgan fingerprint density at radius 1 is 0.833 bits per heavy atom. The lowest BCUT2D eigenvalue weighted by molar-refractivity contribution is -0.115. The van der Waals surface area contributed by atoms with Gasteiger partial charge in [-0.25, -0.2) is 0 Å². The molecule has 4 aliphatic rings. The molecule has 0 aliphatic heterocycles. The minimum Gasteiger partial charge on any atom is -0.295 e. The van der Waals surface area contributed by atoms with Crippen LogP contribution in [-0.4, -0.2) is 5.78 Å². The minimum absolute atomic E-state index is 0.393. The van der Waals surface area contributed by atoms with Gasteiger partial charge in [-0.2, -0.15) is 0 Å². The molecular formula is C23H36O. The van der Waals surface area contributed by atoms with Crippen LogP contribution in [0.25, 0.3) is 0 Å². The first-order chi connectivity index (χ1) is 11.7. The summed E-state index contributed by atoms with van der Waals surface area (Å²) in [6.07, 6.45) is 20.0. The molecular weight excluding hydrogens is 292 g/mol. The van der Waals surface area contributed by atoms with Crippen molar-refractivity contribution in [1.82, 2.24) is 0 Å². The molecule has 0 radical (unpaired) electrons. The second-order valence-electron chi connectivity index (χ2n) is 9.52. The molecule has 0 aromatic carbocycles. The van der Waals surface area contributed by atoms with Gasteiger partial charge in [-0.15, -0.1) is 0 Å². The van der Waals surface area contributed by atoms with Crippen LogP contribution >= 0.6 is 0 Å². The molecule has 6 unspecified atom stereocenters. The number of fused-ring (bicyclic) bond motifs is 2. The second-order valence-corrected chi connectivity index (χ2v) is 9.52. The Bertz CT molecular complexity index is 490. The molecule has 24 heavy (non-hydrogen) atoms. The minimum atomic E-state index is 0.393. The van der Waals surface area contributed by atoms with Crippen LogP contribution in [0.4, 0.5) is 0 Å². The molecule has 1 nitrogen and oxygen atoms in total. The number of ketones is 1. The molecule has 0 N–H and O–H groups in total. The molecule has 3 fully saturated rings. The molecule has 0 aromatic heterocycles. The van der Waals surface area contributed by atoms with Crippen LogP contribution in [0.1, 0.15) is 90.4 Å². The Hall–Kier alpha value is -0.590. The number of hydrogen-bond acceptors (Lipinski definition) is 1. The van der Waals surface area contributed by atoms with Crippen LogP contribution in [-0.2, 0) is 4.79 Å². The van der Waals surface area contributed by atoms with Crippen LogP contribution in [0.5, 0.6) is 0 Å². The molecule has 1 heteroatoms. The number of hydrogen-bond donors (Lipinski definition) is 0. The average molecular weight is 329 g/mol. The Kier molecular flexibility index (Phi) is 5.16. The summed E-state index contributed by atoms with van der Waals surface area (Å²) in [7, 11) is 0. The Morgan fingerprint density at radius 3 is 2.33 bits per heavy atom. The van der Waals surface area contributed by atoms with Gasteiger partial charge in [0.1, 0.15) is 0 Å². The highest BCUT2D eigenvalue weighted by molar-refractivity contribution is 5.91. The standard InChI is InChI=1S/C23H36O/c1-2-3-16-4-5-18-13-19(7-6-17(18)12-16)20-8-9-22-15-23(24)11-10-21(22)14-20/h15-21H,2-14H2,1H3. The predicted octanol–water partition coefficient (Wildman–Crippen LogP) is 6.32. The van der Waals surface area contributed by atoms with E-state index in [1.807, 2.05) is 6.08 Å². The third-order valence-electron chi connectivity index (χ3n) is 8.13. The van der Waals surface area contributed by atoms with Crippen LogP contribution in [0.2, 0.25) is 0 Å². The van der Waals surface area contributed by atoms with Gasteiger partial charge < -0.3 is 0 Å². The quantitative estimate of drug-likeness (QED) is 0.592. The summed E-state index contributed by atoms with van der Waals surface area (Å²) in [4.78, 5) is 11.7. The van der Waals surface area contributed by atoms with Gasteiger partial charge >= 0.3 is 0 Å². The molecule has 0 spiro atoms. The fraction of sp³-hybridized carbons (Fsp3) is 0.870. The van der Waals surface area contributed by atoms with E-state index in [1.165, 1.54) is 63.4 Å². The molecule has 0 bridgehead atoms. The third-order valence-corrected chi connectivity index (χ3v) is 8.13. The smallest absolute Gasteiger partial charge is 0.155 e. The van der Waals surface area contributed by atoms with E-state index in [-0.39, 0.29) is 0 Å². The molecule has 0 heterocycles. The first-order valence-corrected chi connectivity index (χ1v) is 11.0. The van der Waals surface area contributed by atoms with Crippen molar-refractivity contribution in [3.8, 4) is 0 Å². The van der Waals surface area contributed by atoms with Gasteiger partial charge in [-0.1, -0.05) is 31.8 Å². The lowest BCUT2D eigenvalue weighted by Gasteiger charge is -2.46. The number of carbonyl (C=O) groups is 1. The second kappa shape index (κ2) is 7.34. The third kappa shape index (κ3) is 3.51. The van der Waals surface area contributed by atoms with Gasteiger partial charge in [-0.05, 0) is 99.4 Å². The summed E-state index contributed by atoms with van der Waals surface area (Å²) in [6.45, 7) is 2.35. The van der Waals surface area contributed by atoms with E-state index < -0.39 is 0 Å². The van der Waals surface area contributed by atoms with Crippen molar-refractivity contribution in [2.75, 3.05) is 0 Å². The van der Waals surface area contributed by atoms with Crippen LogP contribution < -0.4 is 0 Å². The van der Waals surface area contributed by atoms with E-state index >= 15 is 0 Å². The monoisotopic (exact) mass is 328 g/mol. The Balaban J connectivity index is 1.33. The summed E-state index contributed by atoms with van der Waals surface area (Å²) in [5.74, 6) is 6.31. The van der Waals surface area contributed by atoms with Crippen LogP contribution in [0, 0.1) is 35.5 Å². The zero-order chi connectivity index (χ0) is 16.5. The van der Waals surface area contributed by atoms with E-state index in [2.05, 4.69) is 6.92 Å². The van der Waals surface area contributed by atoms with E-state index in [0.717, 1.165) is 48.3 Å². The van der Waals surface area contributed by atoms with E-state index in [0.29, 0.717) is 5.78 Å². The topological polar surface area (TPSA) is 17.1 Å². The van der Waals surface area contributed by atoms with E-state index in [4.69, 9.17) is 0 Å². The highest BCUT2D eigenvalue weighted by Gasteiger charge is 2.39. The van der Waals surface area contributed by atoms with Gasteiger partial charge in [0.15, 0.2) is 5.78 Å². The zero-order valence-electron chi connectivity index (χ0n) is 15.6.